The fourth-order valence-electron chi connectivity index (χ4n) is 1.80. The van der Waals surface area contributed by atoms with E-state index in [1.54, 1.807) is 10.9 Å². The highest BCUT2D eigenvalue weighted by Crippen LogP contribution is 2.07. The molecule has 1 amide bonds. The van der Waals surface area contributed by atoms with E-state index in [2.05, 4.69) is 20.8 Å². The zero-order chi connectivity index (χ0) is 12.3. The Hall–Kier alpha value is -1.47. The van der Waals surface area contributed by atoms with Gasteiger partial charge in [-0.15, -0.1) is 10.2 Å². The summed E-state index contributed by atoms with van der Waals surface area (Å²) in [6, 6.07) is -0.446. The Morgan fingerprint density at radius 3 is 3.18 bits per heavy atom. The maximum absolute atomic E-state index is 11.9. The van der Waals surface area contributed by atoms with Crippen molar-refractivity contribution in [2.45, 2.75) is 19.0 Å². The third kappa shape index (κ3) is 2.80. The number of morpholine rings is 1. The van der Waals surface area contributed by atoms with Crippen molar-refractivity contribution in [1.29, 1.82) is 0 Å². The van der Waals surface area contributed by atoms with E-state index in [0.29, 0.717) is 19.8 Å². The molecule has 7 heteroatoms. The molecule has 0 bridgehead atoms. The van der Waals surface area contributed by atoms with Crippen molar-refractivity contribution < 1.29 is 9.53 Å². The van der Waals surface area contributed by atoms with Crippen molar-refractivity contribution in [1.82, 2.24) is 25.4 Å². The Labute approximate surface area is 99.5 Å². The van der Waals surface area contributed by atoms with Gasteiger partial charge in [0.25, 0.3) is 0 Å². The molecule has 94 valence electrons. The Kier molecular flexibility index (Phi) is 3.70. The molecule has 2 N–H and O–H groups in total. The molecule has 1 aromatic rings. The molecule has 1 aliphatic heterocycles. The van der Waals surface area contributed by atoms with Crippen LogP contribution in [-0.4, -0.2) is 46.5 Å². The van der Waals surface area contributed by atoms with Crippen LogP contribution in [0.25, 0.3) is 0 Å². The SMILES string of the molecule is CC(NC(=O)C1COCCN1)c1nncn1C. The highest BCUT2D eigenvalue weighted by atomic mass is 16.5. The Morgan fingerprint density at radius 1 is 1.76 bits per heavy atom. The first-order valence-electron chi connectivity index (χ1n) is 5.64. The molecule has 2 atom stereocenters. The maximum Gasteiger partial charge on any atom is 0.240 e. The van der Waals surface area contributed by atoms with Crippen molar-refractivity contribution in [2.75, 3.05) is 19.8 Å². The van der Waals surface area contributed by atoms with Gasteiger partial charge in [-0.25, -0.2) is 0 Å². The van der Waals surface area contributed by atoms with E-state index in [1.807, 2.05) is 14.0 Å². The fourth-order valence-corrected chi connectivity index (χ4v) is 1.80. The first-order chi connectivity index (χ1) is 8.18. The predicted molar refractivity (Wildman–Crippen MR) is 60.2 cm³/mol. The number of rotatable bonds is 3. The molecular weight excluding hydrogens is 222 g/mol. The third-order valence-corrected chi connectivity index (χ3v) is 2.73. The summed E-state index contributed by atoms with van der Waals surface area (Å²) in [6.45, 7) is 3.65. The van der Waals surface area contributed by atoms with Crippen molar-refractivity contribution in [3.63, 3.8) is 0 Å². The topological polar surface area (TPSA) is 81.1 Å². The van der Waals surface area contributed by atoms with E-state index in [0.717, 1.165) is 5.82 Å². The van der Waals surface area contributed by atoms with Crippen LogP contribution in [0.2, 0.25) is 0 Å². The van der Waals surface area contributed by atoms with Gasteiger partial charge in [0, 0.05) is 13.6 Å². The van der Waals surface area contributed by atoms with Gasteiger partial charge in [0.05, 0.1) is 19.3 Å². The second-order valence-electron chi connectivity index (χ2n) is 4.11. The summed E-state index contributed by atoms with van der Waals surface area (Å²) in [5, 5.41) is 13.7. The second kappa shape index (κ2) is 5.24. The zero-order valence-electron chi connectivity index (χ0n) is 10.0. The minimum Gasteiger partial charge on any atom is -0.378 e. The van der Waals surface area contributed by atoms with Crippen molar-refractivity contribution in [2.24, 2.45) is 7.05 Å². The van der Waals surface area contributed by atoms with Crippen LogP contribution < -0.4 is 10.6 Å². The lowest BCUT2D eigenvalue weighted by Gasteiger charge is -2.24. The maximum atomic E-state index is 11.9. The first kappa shape index (κ1) is 12.0. The predicted octanol–water partition coefficient (Wildman–Crippen LogP) is -1.02. The summed E-state index contributed by atoms with van der Waals surface area (Å²) in [5.74, 6) is 0.662. The monoisotopic (exact) mass is 239 g/mol. The Balaban J connectivity index is 1.92. The lowest BCUT2D eigenvalue weighted by atomic mass is 10.2. The number of ether oxygens (including phenoxy) is 1. The molecule has 2 heterocycles. The zero-order valence-corrected chi connectivity index (χ0v) is 10.0. The second-order valence-corrected chi connectivity index (χ2v) is 4.11. The number of nitrogens with zero attached hydrogens (tertiary/aromatic N) is 3. The van der Waals surface area contributed by atoms with Crippen LogP contribution >= 0.6 is 0 Å². The smallest absolute Gasteiger partial charge is 0.240 e. The highest BCUT2D eigenvalue weighted by Gasteiger charge is 2.23. The molecule has 7 nitrogen and oxygen atoms in total. The number of nitrogens with one attached hydrogen (secondary N) is 2. The number of carbonyl (C=O) groups excluding carboxylic acids is 1. The average Bonchev–Trinajstić information content (AvgIpc) is 2.76. The van der Waals surface area contributed by atoms with E-state index in [4.69, 9.17) is 4.74 Å². The third-order valence-electron chi connectivity index (χ3n) is 2.73. The highest BCUT2D eigenvalue weighted by molar-refractivity contribution is 5.82. The van der Waals surface area contributed by atoms with Gasteiger partial charge in [-0.2, -0.15) is 0 Å². The summed E-state index contributed by atoms with van der Waals surface area (Å²) in [7, 11) is 1.85. The quantitative estimate of drug-likeness (QED) is 0.705. The molecule has 0 aliphatic carbocycles. The molecular formula is C10H17N5O2. The number of hydrogen-bond acceptors (Lipinski definition) is 5. The number of aromatic nitrogens is 3. The van der Waals surface area contributed by atoms with Crippen molar-refractivity contribution in [3.05, 3.63) is 12.2 Å². The van der Waals surface area contributed by atoms with Crippen LogP contribution in [0.4, 0.5) is 0 Å². The molecule has 0 radical (unpaired) electrons. The van der Waals surface area contributed by atoms with Gasteiger partial charge >= 0.3 is 0 Å². The summed E-state index contributed by atoms with van der Waals surface area (Å²) in [4.78, 5) is 11.9. The van der Waals surface area contributed by atoms with Crippen LogP contribution in [0.3, 0.4) is 0 Å². The fraction of sp³-hybridized carbons (Fsp3) is 0.700. The van der Waals surface area contributed by atoms with Crippen LogP contribution in [0, 0.1) is 0 Å². The van der Waals surface area contributed by atoms with E-state index in [-0.39, 0.29) is 18.0 Å². The number of hydrogen-bond donors (Lipinski definition) is 2. The largest absolute Gasteiger partial charge is 0.378 e. The Bertz CT molecular complexity index is 386. The summed E-state index contributed by atoms with van der Waals surface area (Å²) in [5.41, 5.74) is 0. The first-order valence-corrected chi connectivity index (χ1v) is 5.64. The van der Waals surface area contributed by atoms with Gasteiger partial charge in [-0.05, 0) is 6.92 Å². The van der Waals surface area contributed by atoms with E-state index >= 15 is 0 Å². The molecule has 0 aromatic carbocycles. The number of amides is 1. The number of carbonyl (C=O) groups is 1. The molecule has 0 saturated carbocycles. The average molecular weight is 239 g/mol. The van der Waals surface area contributed by atoms with Crippen LogP contribution in [0.15, 0.2) is 6.33 Å². The molecule has 0 spiro atoms. The van der Waals surface area contributed by atoms with Crippen LogP contribution in [-0.2, 0) is 16.6 Å². The summed E-state index contributed by atoms with van der Waals surface area (Å²) in [6.07, 6.45) is 1.61. The molecule has 17 heavy (non-hydrogen) atoms. The summed E-state index contributed by atoms with van der Waals surface area (Å²) < 4.78 is 7.03. The lowest BCUT2D eigenvalue weighted by Crippen LogP contribution is -2.51. The van der Waals surface area contributed by atoms with E-state index in [9.17, 15) is 4.79 Å². The molecule has 1 saturated heterocycles. The van der Waals surface area contributed by atoms with Crippen LogP contribution in [0.5, 0.6) is 0 Å². The molecule has 1 fully saturated rings. The van der Waals surface area contributed by atoms with Crippen molar-refractivity contribution in [3.8, 4) is 0 Å². The van der Waals surface area contributed by atoms with Gasteiger partial charge in [0.2, 0.25) is 5.91 Å². The van der Waals surface area contributed by atoms with Gasteiger partial charge in [-0.1, -0.05) is 0 Å². The molecule has 1 aromatic heterocycles. The minimum atomic E-state index is -0.278. The van der Waals surface area contributed by atoms with Crippen LogP contribution in [0.1, 0.15) is 18.8 Å². The molecule has 2 rings (SSSR count). The molecule has 1 aliphatic rings. The van der Waals surface area contributed by atoms with Gasteiger partial charge < -0.3 is 19.9 Å². The van der Waals surface area contributed by atoms with Gasteiger partial charge in [0.1, 0.15) is 12.4 Å². The summed E-state index contributed by atoms with van der Waals surface area (Å²) >= 11 is 0. The lowest BCUT2D eigenvalue weighted by molar-refractivity contribution is -0.126. The molecule has 2 unspecified atom stereocenters. The minimum absolute atomic E-state index is 0.0693. The standard InChI is InChI=1S/C10H17N5O2/c1-7(9-14-12-6-15(9)2)13-10(16)8-5-17-4-3-11-8/h6-8,11H,3-5H2,1-2H3,(H,13,16). The normalized spacial score (nSPS) is 22.1. The van der Waals surface area contributed by atoms with Crippen molar-refractivity contribution >= 4 is 5.91 Å². The number of aryl methyl sites for hydroxylation is 1. The Morgan fingerprint density at radius 2 is 2.59 bits per heavy atom. The van der Waals surface area contributed by atoms with E-state index < -0.39 is 0 Å². The van der Waals surface area contributed by atoms with Gasteiger partial charge in [-0.3, -0.25) is 4.79 Å². The van der Waals surface area contributed by atoms with Gasteiger partial charge in [0.15, 0.2) is 5.82 Å². The van der Waals surface area contributed by atoms with E-state index in [1.165, 1.54) is 0 Å².